The monoisotopic (exact) mass is 320 g/mol. The van der Waals surface area contributed by atoms with Gasteiger partial charge in [0.1, 0.15) is 11.8 Å². The maximum atomic E-state index is 13.3. The number of nitrogens with one attached hydrogen (secondary N) is 1. The van der Waals surface area contributed by atoms with E-state index in [-0.39, 0.29) is 36.7 Å². The second-order valence-corrected chi connectivity index (χ2v) is 5.36. The van der Waals surface area contributed by atoms with Gasteiger partial charge < -0.3 is 4.90 Å². The Hall–Kier alpha value is -2.82. The van der Waals surface area contributed by atoms with E-state index in [1.54, 1.807) is 0 Å². The van der Waals surface area contributed by atoms with Gasteiger partial charge in [-0.2, -0.15) is 10.4 Å². The highest BCUT2D eigenvalue weighted by Crippen LogP contribution is 2.31. The van der Waals surface area contributed by atoms with Crippen LogP contribution in [0.25, 0.3) is 0 Å². The van der Waals surface area contributed by atoms with E-state index in [4.69, 9.17) is 5.26 Å². The van der Waals surface area contributed by atoms with Crippen molar-refractivity contribution in [2.45, 2.75) is 18.9 Å². The molecule has 1 fully saturated rings. The third kappa shape index (κ3) is 2.77. The fourth-order valence-corrected chi connectivity index (χ4v) is 2.69. The molecule has 5 nitrogen and oxygen atoms in total. The molecule has 3 rings (SSSR count). The maximum Gasteiger partial charge on any atom is 0.223 e. The summed E-state index contributed by atoms with van der Waals surface area (Å²) in [6.07, 6.45) is 1.53. The highest BCUT2D eigenvalue weighted by molar-refractivity contribution is 5.79. The van der Waals surface area contributed by atoms with E-state index in [9.17, 15) is 18.0 Å². The number of H-pyrrole nitrogens is 1. The van der Waals surface area contributed by atoms with Gasteiger partial charge in [0, 0.05) is 24.4 Å². The van der Waals surface area contributed by atoms with Gasteiger partial charge >= 0.3 is 0 Å². The second-order valence-electron chi connectivity index (χ2n) is 5.36. The quantitative estimate of drug-likeness (QED) is 0.881. The van der Waals surface area contributed by atoms with Crippen LogP contribution in [0, 0.1) is 28.8 Å². The lowest BCUT2D eigenvalue weighted by Crippen LogP contribution is -2.24. The molecule has 0 spiro atoms. The number of benzene rings is 1. The number of hydrogen-bond donors (Lipinski definition) is 1. The Bertz CT molecular complexity index is 788. The number of nitriles is 1. The highest BCUT2D eigenvalue weighted by atomic mass is 19.2. The molecule has 118 valence electrons. The fraction of sp³-hybridized carbons (Fsp3) is 0.267. The topological polar surface area (TPSA) is 72.8 Å². The summed E-state index contributed by atoms with van der Waals surface area (Å²) in [6, 6.07) is 3.76. The zero-order chi connectivity index (χ0) is 16.6. The molecule has 0 saturated carbocycles. The van der Waals surface area contributed by atoms with E-state index in [0.717, 1.165) is 12.1 Å². The molecule has 8 heteroatoms. The first kappa shape index (κ1) is 15.1. The van der Waals surface area contributed by atoms with Crippen LogP contribution < -0.4 is 0 Å². The standard InChI is InChI=1S/C15H11F3N4O/c16-11-1-8(2-12(17)15(11)18)9-3-14(23)22(6-9)7-10-5-20-21-13(10)4-19/h1-2,5,9H,3,6-7H2,(H,20,21)/t9-/m0/s1. The maximum absolute atomic E-state index is 13.3. The molecule has 2 heterocycles. The second kappa shape index (κ2) is 5.76. The third-order valence-electron chi connectivity index (χ3n) is 3.88. The zero-order valence-corrected chi connectivity index (χ0v) is 11.8. The van der Waals surface area contributed by atoms with Crippen LogP contribution in [-0.2, 0) is 11.3 Å². The van der Waals surface area contributed by atoms with Crippen LogP contribution in [0.4, 0.5) is 13.2 Å². The number of likely N-dealkylation sites (tertiary alicyclic amines) is 1. The van der Waals surface area contributed by atoms with Gasteiger partial charge in [-0.15, -0.1) is 0 Å². The lowest BCUT2D eigenvalue weighted by atomic mass is 9.98. The van der Waals surface area contributed by atoms with Gasteiger partial charge in [0.15, 0.2) is 17.5 Å². The van der Waals surface area contributed by atoms with Crippen molar-refractivity contribution < 1.29 is 18.0 Å². The Morgan fingerprint density at radius 2 is 2.04 bits per heavy atom. The minimum Gasteiger partial charge on any atom is -0.338 e. The molecule has 0 aliphatic carbocycles. The Morgan fingerprint density at radius 3 is 2.70 bits per heavy atom. The Balaban J connectivity index is 1.79. The molecule has 2 aromatic rings. The summed E-state index contributed by atoms with van der Waals surface area (Å²) >= 11 is 0. The average molecular weight is 320 g/mol. The lowest BCUT2D eigenvalue weighted by molar-refractivity contribution is -0.128. The molecule has 0 bridgehead atoms. The first-order valence-corrected chi connectivity index (χ1v) is 6.84. The fourth-order valence-electron chi connectivity index (χ4n) is 2.69. The van der Waals surface area contributed by atoms with Crippen molar-refractivity contribution in [2.24, 2.45) is 0 Å². The number of hydrogen-bond acceptors (Lipinski definition) is 3. The number of halogens is 3. The van der Waals surface area contributed by atoms with Crippen LogP contribution >= 0.6 is 0 Å². The molecule has 1 aromatic heterocycles. The van der Waals surface area contributed by atoms with E-state index < -0.39 is 23.4 Å². The van der Waals surface area contributed by atoms with E-state index in [0.29, 0.717) is 5.56 Å². The predicted molar refractivity (Wildman–Crippen MR) is 72.4 cm³/mol. The van der Waals surface area contributed by atoms with Crippen molar-refractivity contribution in [3.05, 3.63) is 52.6 Å². The summed E-state index contributed by atoms with van der Waals surface area (Å²) in [6.45, 7) is 0.417. The molecule has 1 saturated heterocycles. The summed E-state index contributed by atoms with van der Waals surface area (Å²) < 4.78 is 39.7. The van der Waals surface area contributed by atoms with Gasteiger partial charge in [0.05, 0.1) is 12.7 Å². The normalized spacial score (nSPS) is 17.6. The third-order valence-corrected chi connectivity index (χ3v) is 3.88. The minimum atomic E-state index is -1.52. The van der Waals surface area contributed by atoms with E-state index in [1.165, 1.54) is 11.1 Å². The predicted octanol–water partition coefficient (Wildman–Crippen LogP) is 2.21. The minimum absolute atomic E-state index is 0.0737. The smallest absolute Gasteiger partial charge is 0.223 e. The lowest BCUT2D eigenvalue weighted by Gasteiger charge is -2.16. The van der Waals surface area contributed by atoms with E-state index in [2.05, 4.69) is 10.2 Å². The molecule has 1 aromatic carbocycles. The van der Waals surface area contributed by atoms with Crippen LogP contribution in [0.3, 0.4) is 0 Å². The van der Waals surface area contributed by atoms with Crippen molar-refractivity contribution in [3.8, 4) is 6.07 Å². The van der Waals surface area contributed by atoms with Gasteiger partial charge in [-0.3, -0.25) is 9.89 Å². The van der Waals surface area contributed by atoms with E-state index >= 15 is 0 Å². The Morgan fingerprint density at radius 1 is 1.35 bits per heavy atom. The number of aromatic amines is 1. The first-order valence-electron chi connectivity index (χ1n) is 6.84. The molecule has 1 amide bonds. The molecule has 1 aliphatic heterocycles. The molecular weight excluding hydrogens is 309 g/mol. The Kier molecular flexibility index (Phi) is 3.78. The van der Waals surface area contributed by atoms with Crippen LogP contribution in [0.2, 0.25) is 0 Å². The van der Waals surface area contributed by atoms with Crippen molar-refractivity contribution in [1.82, 2.24) is 15.1 Å². The zero-order valence-electron chi connectivity index (χ0n) is 11.8. The van der Waals surface area contributed by atoms with Gasteiger partial charge in [-0.25, -0.2) is 13.2 Å². The largest absolute Gasteiger partial charge is 0.338 e. The molecule has 0 unspecified atom stereocenters. The molecular formula is C15H11F3N4O. The summed E-state index contributed by atoms with van der Waals surface area (Å²) in [5.74, 6) is -4.69. The molecule has 1 aliphatic rings. The number of amides is 1. The van der Waals surface area contributed by atoms with Crippen LogP contribution in [-0.4, -0.2) is 27.5 Å². The highest BCUT2D eigenvalue weighted by Gasteiger charge is 2.32. The summed E-state index contributed by atoms with van der Waals surface area (Å²) in [4.78, 5) is 13.6. The van der Waals surface area contributed by atoms with Gasteiger partial charge in [0.2, 0.25) is 5.91 Å². The van der Waals surface area contributed by atoms with Gasteiger partial charge in [0.25, 0.3) is 0 Å². The van der Waals surface area contributed by atoms with Crippen molar-refractivity contribution >= 4 is 5.91 Å². The van der Waals surface area contributed by atoms with Gasteiger partial charge in [-0.05, 0) is 17.7 Å². The first-order chi connectivity index (χ1) is 11.0. The van der Waals surface area contributed by atoms with Crippen molar-refractivity contribution in [3.63, 3.8) is 0 Å². The number of carbonyl (C=O) groups is 1. The number of nitrogens with zero attached hydrogens (tertiary/aromatic N) is 3. The summed E-state index contributed by atoms with van der Waals surface area (Å²) in [5, 5.41) is 15.2. The SMILES string of the molecule is N#Cc1[nH]ncc1CN1C[C@@H](c2cc(F)c(F)c(F)c2)CC1=O. The Labute approximate surface area is 129 Å². The molecule has 1 atom stereocenters. The van der Waals surface area contributed by atoms with E-state index in [1.807, 2.05) is 6.07 Å². The average Bonchev–Trinajstić information content (AvgIpc) is 3.11. The summed E-state index contributed by atoms with van der Waals surface area (Å²) in [7, 11) is 0. The number of rotatable bonds is 3. The van der Waals surface area contributed by atoms with Crippen molar-refractivity contribution in [2.75, 3.05) is 6.54 Å². The summed E-state index contributed by atoms with van der Waals surface area (Å²) in [5.41, 5.74) is 1.07. The van der Waals surface area contributed by atoms with Crippen molar-refractivity contribution in [1.29, 1.82) is 5.26 Å². The number of aromatic nitrogens is 2. The molecule has 0 radical (unpaired) electrons. The van der Waals surface area contributed by atoms with Gasteiger partial charge in [-0.1, -0.05) is 0 Å². The van der Waals surface area contributed by atoms with Crippen LogP contribution in [0.15, 0.2) is 18.3 Å². The van der Waals surface area contributed by atoms with Crippen LogP contribution in [0.1, 0.15) is 29.2 Å². The molecule has 1 N–H and O–H groups in total. The number of carbonyl (C=O) groups excluding carboxylic acids is 1. The molecule has 23 heavy (non-hydrogen) atoms. The van der Waals surface area contributed by atoms with Crippen LogP contribution in [0.5, 0.6) is 0 Å².